The van der Waals surface area contributed by atoms with Gasteiger partial charge in [0.25, 0.3) is 5.91 Å². The first-order valence-electron chi connectivity index (χ1n) is 6.96. The van der Waals surface area contributed by atoms with E-state index < -0.39 is 17.2 Å². The Morgan fingerprint density at radius 2 is 2.13 bits per heavy atom. The summed E-state index contributed by atoms with van der Waals surface area (Å²) in [6, 6.07) is 7.30. The lowest BCUT2D eigenvalue weighted by atomic mass is 10.2. The van der Waals surface area contributed by atoms with Crippen molar-refractivity contribution in [2.24, 2.45) is 7.05 Å². The van der Waals surface area contributed by atoms with Gasteiger partial charge in [0, 0.05) is 7.05 Å². The second-order valence-corrected chi connectivity index (χ2v) is 5.16. The lowest BCUT2D eigenvalue weighted by Gasteiger charge is -2.08. The summed E-state index contributed by atoms with van der Waals surface area (Å²) in [5.74, 6) is 0.119. The van der Waals surface area contributed by atoms with Gasteiger partial charge in [-0.3, -0.25) is 14.3 Å². The van der Waals surface area contributed by atoms with E-state index in [1.54, 1.807) is 26.1 Å². The van der Waals surface area contributed by atoms with Gasteiger partial charge in [-0.1, -0.05) is 0 Å². The van der Waals surface area contributed by atoms with Crippen LogP contribution in [0.3, 0.4) is 0 Å². The van der Waals surface area contributed by atoms with Gasteiger partial charge in [-0.15, -0.1) is 0 Å². The second kappa shape index (κ2) is 5.68. The van der Waals surface area contributed by atoms with Crippen LogP contribution in [-0.2, 0) is 13.6 Å². The van der Waals surface area contributed by atoms with E-state index in [4.69, 9.17) is 4.42 Å². The largest absolute Gasteiger partial charge is 0.465 e. The van der Waals surface area contributed by atoms with Crippen molar-refractivity contribution in [2.75, 3.05) is 0 Å². The molecule has 3 aromatic rings. The van der Waals surface area contributed by atoms with E-state index in [2.05, 4.69) is 10.4 Å². The fourth-order valence-electron chi connectivity index (χ4n) is 2.33. The Bertz CT molecular complexity index is 959. The Kier molecular flexibility index (Phi) is 3.69. The number of rotatable bonds is 3. The first-order valence-corrected chi connectivity index (χ1v) is 6.96. The van der Waals surface area contributed by atoms with E-state index in [9.17, 15) is 14.0 Å². The molecule has 0 fully saturated rings. The van der Waals surface area contributed by atoms with E-state index in [0.717, 1.165) is 11.8 Å². The highest BCUT2D eigenvalue weighted by Gasteiger charge is 2.17. The van der Waals surface area contributed by atoms with E-state index in [1.807, 2.05) is 0 Å². The number of benzene rings is 1. The lowest BCUT2D eigenvalue weighted by Crippen LogP contribution is -2.31. The number of halogens is 1. The van der Waals surface area contributed by atoms with Crippen LogP contribution in [-0.4, -0.2) is 15.7 Å². The maximum atomic E-state index is 13.4. The fourth-order valence-corrected chi connectivity index (χ4v) is 2.33. The number of aromatic nitrogens is 2. The van der Waals surface area contributed by atoms with Crippen molar-refractivity contribution in [1.82, 2.24) is 15.1 Å². The molecule has 0 aliphatic rings. The predicted octanol–water partition coefficient (Wildman–Crippen LogP) is 1.90. The Morgan fingerprint density at radius 1 is 1.35 bits per heavy atom. The summed E-state index contributed by atoms with van der Waals surface area (Å²) in [4.78, 5) is 24.6. The monoisotopic (exact) mass is 315 g/mol. The Morgan fingerprint density at radius 3 is 2.83 bits per heavy atom. The highest BCUT2D eigenvalue weighted by Crippen LogP contribution is 2.11. The zero-order valence-corrected chi connectivity index (χ0v) is 12.6. The minimum Gasteiger partial charge on any atom is -0.465 e. The SMILES string of the molecule is Cc1ccc(CNC(=O)c2nn(C)c3ccc(F)cc3c2=O)o1. The highest BCUT2D eigenvalue weighted by atomic mass is 19.1. The molecule has 6 nitrogen and oxygen atoms in total. The summed E-state index contributed by atoms with van der Waals surface area (Å²) in [5.41, 5.74) is -0.436. The number of aryl methyl sites for hydroxylation is 2. The topological polar surface area (TPSA) is 77.1 Å². The molecule has 7 heteroatoms. The second-order valence-electron chi connectivity index (χ2n) is 5.16. The summed E-state index contributed by atoms with van der Waals surface area (Å²) < 4.78 is 20.1. The molecule has 2 aromatic heterocycles. The van der Waals surface area contributed by atoms with Crippen LogP contribution in [0.15, 0.2) is 39.5 Å². The molecule has 0 spiro atoms. The summed E-state index contributed by atoms with van der Waals surface area (Å²) in [5, 5.41) is 6.67. The molecule has 0 radical (unpaired) electrons. The average Bonchev–Trinajstić information content (AvgIpc) is 2.94. The molecule has 0 saturated heterocycles. The van der Waals surface area contributed by atoms with Crippen molar-refractivity contribution in [3.63, 3.8) is 0 Å². The molecule has 1 N–H and O–H groups in total. The van der Waals surface area contributed by atoms with Crippen LogP contribution in [0, 0.1) is 12.7 Å². The molecule has 0 saturated carbocycles. The van der Waals surface area contributed by atoms with Gasteiger partial charge in [-0.2, -0.15) is 5.10 Å². The Hall–Kier alpha value is -2.96. The summed E-state index contributed by atoms with van der Waals surface area (Å²) in [7, 11) is 1.59. The van der Waals surface area contributed by atoms with E-state index in [0.29, 0.717) is 11.3 Å². The summed E-state index contributed by atoms with van der Waals surface area (Å²) >= 11 is 0. The first kappa shape index (κ1) is 15.0. The van der Waals surface area contributed by atoms with Gasteiger partial charge < -0.3 is 9.73 Å². The number of nitrogens with one attached hydrogen (secondary N) is 1. The first-order chi connectivity index (χ1) is 11.0. The molecule has 2 heterocycles. The number of fused-ring (bicyclic) bond motifs is 1. The molecule has 0 atom stereocenters. The Balaban J connectivity index is 1.94. The molecule has 23 heavy (non-hydrogen) atoms. The van der Waals surface area contributed by atoms with Gasteiger partial charge in [0.15, 0.2) is 5.69 Å². The zero-order valence-electron chi connectivity index (χ0n) is 12.6. The molecular formula is C16H14FN3O3. The third-order valence-corrected chi connectivity index (χ3v) is 3.45. The predicted molar refractivity (Wildman–Crippen MR) is 81.6 cm³/mol. The Labute approximate surface area is 130 Å². The van der Waals surface area contributed by atoms with Crippen LogP contribution < -0.4 is 10.7 Å². The standard InChI is InChI=1S/C16H14FN3O3/c1-9-3-5-11(23-9)8-18-16(22)14-15(21)12-7-10(17)4-6-13(12)20(2)19-14/h3-7H,8H2,1-2H3,(H,18,22). The molecular weight excluding hydrogens is 301 g/mol. The van der Waals surface area contributed by atoms with Crippen molar-refractivity contribution in [3.8, 4) is 0 Å². The van der Waals surface area contributed by atoms with Crippen LogP contribution in [0.25, 0.3) is 10.9 Å². The molecule has 0 aliphatic carbocycles. The van der Waals surface area contributed by atoms with Crippen LogP contribution in [0.4, 0.5) is 4.39 Å². The fraction of sp³-hybridized carbons (Fsp3) is 0.188. The van der Waals surface area contributed by atoms with Crippen LogP contribution in [0.5, 0.6) is 0 Å². The van der Waals surface area contributed by atoms with Crippen molar-refractivity contribution in [3.05, 3.63) is 63.6 Å². The molecule has 0 unspecified atom stereocenters. The van der Waals surface area contributed by atoms with Gasteiger partial charge in [0.1, 0.15) is 17.3 Å². The third-order valence-electron chi connectivity index (χ3n) is 3.45. The highest BCUT2D eigenvalue weighted by molar-refractivity contribution is 5.95. The van der Waals surface area contributed by atoms with Gasteiger partial charge in [-0.05, 0) is 37.3 Å². The number of carbonyl (C=O) groups is 1. The van der Waals surface area contributed by atoms with E-state index >= 15 is 0 Å². The van der Waals surface area contributed by atoms with Gasteiger partial charge in [-0.25, -0.2) is 4.39 Å². The van der Waals surface area contributed by atoms with Gasteiger partial charge in [0.05, 0.1) is 17.4 Å². The number of nitrogens with zero attached hydrogens (tertiary/aromatic N) is 2. The van der Waals surface area contributed by atoms with E-state index in [-0.39, 0.29) is 17.6 Å². The number of hydrogen-bond donors (Lipinski definition) is 1. The van der Waals surface area contributed by atoms with Gasteiger partial charge >= 0.3 is 0 Å². The molecule has 0 aliphatic heterocycles. The molecule has 0 bridgehead atoms. The van der Waals surface area contributed by atoms with Crippen molar-refractivity contribution in [1.29, 1.82) is 0 Å². The smallest absolute Gasteiger partial charge is 0.276 e. The summed E-state index contributed by atoms with van der Waals surface area (Å²) in [6.07, 6.45) is 0. The van der Waals surface area contributed by atoms with Crippen molar-refractivity contribution < 1.29 is 13.6 Å². The number of carbonyl (C=O) groups excluding carboxylic acids is 1. The van der Waals surface area contributed by atoms with Gasteiger partial charge in [0.2, 0.25) is 5.43 Å². The molecule has 1 aromatic carbocycles. The van der Waals surface area contributed by atoms with Crippen LogP contribution in [0.2, 0.25) is 0 Å². The molecule has 3 rings (SSSR count). The maximum absolute atomic E-state index is 13.4. The lowest BCUT2D eigenvalue weighted by molar-refractivity contribution is 0.0940. The van der Waals surface area contributed by atoms with Crippen LogP contribution >= 0.6 is 0 Å². The normalized spacial score (nSPS) is 10.9. The zero-order chi connectivity index (χ0) is 16.6. The maximum Gasteiger partial charge on any atom is 0.276 e. The quantitative estimate of drug-likeness (QED) is 0.801. The van der Waals surface area contributed by atoms with Crippen LogP contribution in [0.1, 0.15) is 22.0 Å². The minimum absolute atomic E-state index is 0.112. The number of amides is 1. The average molecular weight is 315 g/mol. The van der Waals surface area contributed by atoms with E-state index in [1.165, 1.54) is 16.8 Å². The molecule has 1 amide bonds. The third kappa shape index (κ3) is 2.85. The number of hydrogen-bond acceptors (Lipinski definition) is 4. The minimum atomic E-state index is -0.634. The number of furan rings is 1. The summed E-state index contributed by atoms with van der Waals surface area (Å²) in [6.45, 7) is 1.93. The van der Waals surface area contributed by atoms with Crippen molar-refractivity contribution >= 4 is 16.8 Å². The van der Waals surface area contributed by atoms with Crippen molar-refractivity contribution in [2.45, 2.75) is 13.5 Å². The molecule has 118 valence electrons.